The molecule has 18 heavy (non-hydrogen) atoms. The summed E-state index contributed by atoms with van der Waals surface area (Å²) in [5.41, 5.74) is 0.911. The first-order chi connectivity index (χ1) is 8.70. The molecule has 0 atom stereocenters. The van der Waals surface area contributed by atoms with Crippen LogP contribution in [0.5, 0.6) is 5.88 Å². The normalized spacial score (nSPS) is 10.6. The summed E-state index contributed by atoms with van der Waals surface area (Å²) in [5.74, 6) is 0.483. The third-order valence-corrected chi connectivity index (χ3v) is 3.97. The van der Waals surface area contributed by atoms with Gasteiger partial charge in [-0.3, -0.25) is 0 Å². The molecule has 96 valence electrons. The molecule has 0 fully saturated rings. The largest absolute Gasteiger partial charge is 0.472 e. The molecular weight excluding hydrogens is 339 g/mol. The van der Waals surface area contributed by atoms with Crippen molar-refractivity contribution in [2.75, 3.05) is 6.01 Å². The Labute approximate surface area is 122 Å². The SMILES string of the molecule is FCSc1cccc(Br)c1COc1ccn(S)n1. The number of thioether (sulfide) groups is 1. The Bertz CT molecular complexity index is 536. The van der Waals surface area contributed by atoms with Crippen molar-refractivity contribution in [3.8, 4) is 5.88 Å². The Morgan fingerprint density at radius 1 is 1.44 bits per heavy atom. The van der Waals surface area contributed by atoms with Crippen LogP contribution in [-0.4, -0.2) is 15.2 Å². The van der Waals surface area contributed by atoms with Crippen molar-refractivity contribution in [1.29, 1.82) is 0 Å². The van der Waals surface area contributed by atoms with Crippen LogP contribution < -0.4 is 4.74 Å². The summed E-state index contributed by atoms with van der Waals surface area (Å²) in [6, 6.07) is 6.89. The van der Waals surface area contributed by atoms with Gasteiger partial charge in [-0.2, -0.15) is 0 Å². The smallest absolute Gasteiger partial charge is 0.234 e. The van der Waals surface area contributed by atoms with Crippen LogP contribution in [0.3, 0.4) is 0 Å². The first-order valence-electron chi connectivity index (χ1n) is 5.04. The quantitative estimate of drug-likeness (QED) is 0.655. The second-order valence-electron chi connectivity index (χ2n) is 3.33. The summed E-state index contributed by atoms with van der Waals surface area (Å²) in [5, 5.41) is 3.99. The Morgan fingerprint density at radius 2 is 2.28 bits per heavy atom. The van der Waals surface area contributed by atoms with E-state index in [1.54, 1.807) is 12.3 Å². The molecule has 0 bridgehead atoms. The van der Waals surface area contributed by atoms with E-state index < -0.39 is 6.01 Å². The first kappa shape index (κ1) is 13.8. The van der Waals surface area contributed by atoms with Crippen molar-refractivity contribution in [3.63, 3.8) is 0 Å². The van der Waals surface area contributed by atoms with Gasteiger partial charge in [0.1, 0.15) is 12.6 Å². The topological polar surface area (TPSA) is 27.1 Å². The zero-order valence-electron chi connectivity index (χ0n) is 9.22. The van der Waals surface area contributed by atoms with Gasteiger partial charge in [-0.1, -0.05) is 33.8 Å². The Kier molecular flexibility index (Phi) is 4.96. The van der Waals surface area contributed by atoms with Crippen LogP contribution in [0, 0.1) is 0 Å². The first-order valence-corrected chi connectivity index (χ1v) is 7.22. The predicted molar refractivity (Wildman–Crippen MR) is 76.9 cm³/mol. The molecule has 0 saturated heterocycles. The number of hydrogen-bond donors (Lipinski definition) is 1. The minimum atomic E-state index is -0.464. The molecule has 2 rings (SSSR count). The third-order valence-electron chi connectivity index (χ3n) is 2.20. The van der Waals surface area contributed by atoms with Crippen LogP contribution in [0.4, 0.5) is 4.39 Å². The van der Waals surface area contributed by atoms with Crippen molar-refractivity contribution in [3.05, 3.63) is 40.5 Å². The maximum atomic E-state index is 12.4. The lowest BCUT2D eigenvalue weighted by atomic mass is 10.2. The zero-order valence-corrected chi connectivity index (χ0v) is 12.5. The summed E-state index contributed by atoms with van der Waals surface area (Å²) in [6.07, 6.45) is 1.68. The van der Waals surface area contributed by atoms with E-state index in [9.17, 15) is 4.39 Å². The number of halogens is 2. The number of thiol groups is 1. The fraction of sp³-hybridized carbons (Fsp3) is 0.182. The van der Waals surface area contributed by atoms with Gasteiger partial charge < -0.3 is 4.74 Å². The number of alkyl halides is 1. The number of hydrogen-bond acceptors (Lipinski definition) is 4. The molecule has 0 aliphatic heterocycles. The fourth-order valence-corrected chi connectivity index (χ4v) is 2.80. The van der Waals surface area contributed by atoms with Gasteiger partial charge in [0.25, 0.3) is 0 Å². The van der Waals surface area contributed by atoms with Crippen molar-refractivity contribution in [1.82, 2.24) is 9.19 Å². The van der Waals surface area contributed by atoms with Crippen molar-refractivity contribution >= 4 is 40.5 Å². The van der Waals surface area contributed by atoms with Crippen LogP contribution in [0.25, 0.3) is 0 Å². The molecule has 3 nitrogen and oxygen atoms in total. The van der Waals surface area contributed by atoms with Crippen LogP contribution in [0.1, 0.15) is 5.56 Å². The molecule has 1 aromatic heterocycles. The molecule has 0 aliphatic carbocycles. The van der Waals surface area contributed by atoms with E-state index in [1.807, 2.05) is 18.2 Å². The maximum Gasteiger partial charge on any atom is 0.234 e. The van der Waals surface area contributed by atoms with Crippen LogP contribution in [0.15, 0.2) is 39.8 Å². The molecular formula is C11H10BrFN2OS2. The molecule has 0 spiro atoms. The Morgan fingerprint density at radius 3 is 2.94 bits per heavy atom. The highest BCUT2D eigenvalue weighted by atomic mass is 79.9. The summed E-state index contributed by atoms with van der Waals surface area (Å²) in [7, 11) is 0. The standard InChI is InChI=1S/C11H10BrFN2OS2/c12-9-2-1-3-10(18-7-13)8(9)6-16-11-4-5-15(17)14-11/h1-5,17H,6-7H2. The van der Waals surface area contributed by atoms with Crippen LogP contribution in [0.2, 0.25) is 0 Å². The van der Waals surface area contributed by atoms with Gasteiger partial charge in [0.15, 0.2) is 0 Å². The Hall–Kier alpha value is -0.660. The molecule has 0 saturated carbocycles. The second kappa shape index (κ2) is 6.49. The lowest BCUT2D eigenvalue weighted by molar-refractivity contribution is 0.289. The Balaban J connectivity index is 2.12. The van der Waals surface area contributed by atoms with E-state index >= 15 is 0 Å². The predicted octanol–water partition coefficient (Wildman–Crippen LogP) is 3.94. The number of aromatic nitrogens is 2. The van der Waals surface area contributed by atoms with E-state index in [0.717, 1.165) is 26.7 Å². The van der Waals surface area contributed by atoms with Crippen molar-refractivity contribution < 1.29 is 9.13 Å². The van der Waals surface area contributed by atoms with Gasteiger partial charge in [-0.05, 0) is 24.9 Å². The highest BCUT2D eigenvalue weighted by Gasteiger charge is 2.09. The second-order valence-corrected chi connectivity index (χ2v) is 5.54. The highest BCUT2D eigenvalue weighted by Crippen LogP contribution is 2.29. The van der Waals surface area contributed by atoms with Gasteiger partial charge in [0, 0.05) is 27.2 Å². The molecule has 1 aromatic carbocycles. The third kappa shape index (κ3) is 3.43. The highest BCUT2D eigenvalue weighted by molar-refractivity contribution is 9.10. The summed E-state index contributed by atoms with van der Waals surface area (Å²) < 4.78 is 20.2. The van der Waals surface area contributed by atoms with Gasteiger partial charge in [-0.25, -0.2) is 8.48 Å². The number of ether oxygens (including phenoxy) is 1. The van der Waals surface area contributed by atoms with Gasteiger partial charge in [0.05, 0.1) is 0 Å². The maximum absolute atomic E-state index is 12.4. The van der Waals surface area contributed by atoms with E-state index in [-0.39, 0.29) is 0 Å². The number of nitrogens with zero attached hydrogens (tertiary/aromatic N) is 2. The van der Waals surface area contributed by atoms with E-state index in [4.69, 9.17) is 4.74 Å². The number of rotatable bonds is 5. The van der Waals surface area contributed by atoms with Gasteiger partial charge in [-0.15, -0.1) is 5.10 Å². The molecule has 0 aliphatic rings. The fourth-order valence-electron chi connectivity index (χ4n) is 1.39. The monoisotopic (exact) mass is 348 g/mol. The summed E-state index contributed by atoms with van der Waals surface area (Å²) in [6.45, 7) is 0.328. The molecule has 0 N–H and O–H groups in total. The van der Waals surface area contributed by atoms with Crippen molar-refractivity contribution in [2.45, 2.75) is 11.5 Å². The summed E-state index contributed by atoms with van der Waals surface area (Å²) >= 11 is 8.60. The van der Waals surface area contributed by atoms with E-state index in [1.165, 1.54) is 4.09 Å². The van der Waals surface area contributed by atoms with Crippen LogP contribution >= 0.6 is 40.5 Å². The van der Waals surface area contributed by atoms with Crippen molar-refractivity contribution in [2.24, 2.45) is 0 Å². The van der Waals surface area contributed by atoms with Gasteiger partial charge in [0.2, 0.25) is 5.88 Å². The van der Waals surface area contributed by atoms with Gasteiger partial charge >= 0.3 is 0 Å². The minimum absolute atomic E-state index is 0.328. The average Bonchev–Trinajstić information content (AvgIpc) is 2.75. The molecule has 0 unspecified atom stereocenters. The lowest BCUT2D eigenvalue weighted by Gasteiger charge is -2.10. The average molecular weight is 349 g/mol. The minimum Gasteiger partial charge on any atom is -0.472 e. The molecule has 0 radical (unpaired) electrons. The molecule has 7 heteroatoms. The molecule has 2 aromatic rings. The van der Waals surface area contributed by atoms with E-state index in [0.29, 0.717) is 12.5 Å². The van der Waals surface area contributed by atoms with Crippen LogP contribution in [-0.2, 0) is 6.61 Å². The molecule has 1 heterocycles. The number of benzene rings is 1. The summed E-state index contributed by atoms with van der Waals surface area (Å²) in [4.78, 5) is 0.859. The molecule has 0 amide bonds. The lowest BCUT2D eigenvalue weighted by Crippen LogP contribution is -1.99. The zero-order chi connectivity index (χ0) is 13.0. The van der Waals surface area contributed by atoms with E-state index in [2.05, 4.69) is 33.8 Å².